The van der Waals surface area contributed by atoms with Crippen molar-refractivity contribution in [3.63, 3.8) is 0 Å². The van der Waals surface area contributed by atoms with E-state index in [2.05, 4.69) is 91.0 Å². The van der Waals surface area contributed by atoms with Gasteiger partial charge in [0.25, 0.3) is 0 Å². The van der Waals surface area contributed by atoms with E-state index in [0.29, 0.717) is 5.75 Å². The third-order valence-electron chi connectivity index (χ3n) is 5.62. The lowest BCUT2D eigenvalue weighted by molar-refractivity contribution is 0.454. The fourth-order valence-electron chi connectivity index (χ4n) is 4.56. The molecule has 0 atom stereocenters. The molecule has 4 aromatic rings. The van der Waals surface area contributed by atoms with Gasteiger partial charge in [-0.2, -0.15) is 0 Å². The molecule has 0 aromatic heterocycles. The highest BCUT2D eigenvalue weighted by Gasteiger charge is 2.45. The second kappa shape index (κ2) is 6.70. The molecule has 1 aliphatic rings. The lowest BCUT2D eigenvalue weighted by Gasteiger charge is -2.33. The molecular formula is C25H18BO2. The van der Waals surface area contributed by atoms with Crippen molar-refractivity contribution in [1.82, 2.24) is 0 Å². The van der Waals surface area contributed by atoms with E-state index < -0.39 is 5.41 Å². The standard InChI is InChI=1S/C25H18BO2/c27-26-28-20-15-16-24-22(17-20)21-13-7-8-14-23(21)25(24,18-9-3-1-4-10-18)19-11-5-2-6-12-19/h1-17,27H. The third-order valence-corrected chi connectivity index (χ3v) is 5.62. The van der Waals surface area contributed by atoms with Crippen LogP contribution in [-0.2, 0) is 5.41 Å². The maximum Gasteiger partial charge on any atom is 0.569 e. The lowest BCUT2D eigenvalue weighted by Crippen LogP contribution is -2.28. The van der Waals surface area contributed by atoms with Gasteiger partial charge in [-0.3, -0.25) is 0 Å². The highest BCUT2D eigenvalue weighted by molar-refractivity contribution is 6.17. The summed E-state index contributed by atoms with van der Waals surface area (Å²) in [6.45, 7) is 0. The maximum absolute atomic E-state index is 9.07. The summed E-state index contributed by atoms with van der Waals surface area (Å²) in [7, 11) is 0.726. The van der Waals surface area contributed by atoms with Crippen molar-refractivity contribution in [2.75, 3.05) is 0 Å². The van der Waals surface area contributed by atoms with Crippen molar-refractivity contribution in [2.24, 2.45) is 0 Å². The van der Waals surface area contributed by atoms with E-state index in [1.807, 2.05) is 12.1 Å². The van der Waals surface area contributed by atoms with E-state index in [1.165, 1.54) is 27.8 Å². The van der Waals surface area contributed by atoms with Gasteiger partial charge in [-0.1, -0.05) is 91.0 Å². The molecule has 0 amide bonds. The van der Waals surface area contributed by atoms with Crippen molar-refractivity contribution in [2.45, 2.75) is 5.41 Å². The van der Waals surface area contributed by atoms with Crippen LogP contribution in [0.2, 0.25) is 0 Å². The Balaban J connectivity index is 1.91. The number of hydrogen-bond acceptors (Lipinski definition) is 2. The summed E-state index contributed by atoms with van der Waals surface area (Å²) < 4.78 is 5.26. The van der Waals surface area contributed by atoms with Crippen LogP contribution in [0.25, 0.3) is 11.1 Å². The summed E-state index contributed by atoms with van der Waals surface area (Å²) in [4.78, 5) is 0. The molecule has 3 heteroatoms. The summed E-state index contributed by atoms with van der Waals surface area (Å²) >= 11 is 0. The molecular weight excluding hydrogens is 343 g/mol. The van der Waals surface area contributed by atoms with Crippen LogP contribution in [0.5, 0.6) is 5.75 Å². The average Bonchev–Trinajstić information content (AvgIpc) is 3.06. The molecule has 2 nitrogen and oxygen atoms in total. The fraction of sp³-hybridized carbons (Fsp3) is 0.0400. The highest BCUT2D eigenvalue weighted by Crippen LogP contribution is 2.56. The summed E-state index contributed by atoms with van der Waals surface area (Å²) in [6.07, 6.45) is 0. The van der Waals surface area contributed by atoms with Crippen LogP contribution in [0.15, 0.2) is 103 Å². The average molecular weight is 361 g/mol. The largest absolute Gasteiger partial charge is 0.569 e. The minimum Gasteiger partial charge on any atom is -0.537 e. The Morgan fingerprint density at radius 1 is 0.607 bits per heavy atom. The van der Waals surface area contributed by atoms with Crippen LogP contribution in [-0.4, -0.2) is 12.7 Å². The maximum atomic E-state index is 9.07. The third kappa shape index (κ3) is 2.33. The van der Waals surface area contributed by atoms with E-state index in [0.717, 1.165) is 13.2 Å². The Hall–Kier alpha value is -3.30. The van der Waals surface area contributed by atoms with Gasteiger partial charge in [0.2, 0.25) is 0 Å². The molecule has 0 spiro atoms. The second-order valence-electron chi connectivity index (χ2n) is 6.96. The van der Waals surface area contributed by atoms with Crippen molar-refractivity contribution in [3.05, 3.63) is 125 Å². The van der Waals surface area contributed by atoms with Crippen molar-refractivity contribution in [3.8, 4) is 16.9 Å². The Labute approximate surface area is 165 Å². The lowest BCUT2D eigenvalue weighted by atomic mass is 9.68. The van der Waals surface area contributed by atoms with Crippen molar-refractivity contribution < 1.29 is 9.68 Å². The van der Waals surface area contributed by atoms with Crippen molar-refractivity contribution >= 4 is 7.69 Å². The molecule has 1 aliphatic carbocycles. The van der Waals surface area contributed by atoms with Gasteiger partial charge < -0.3 is 9.68 Å². The number of benzene rings is 4. The molecule has 1 radical (unpaired) electrons. The van der Waals surface area contributed by atoms with Crippen LogP contribution in [0.1, 0.15) is 22.3 Å². The van der Waals surface area contributed by atoms with Gasteiger partial charge in [-0.25, -0.2) is 0 Å². The van der Waals surface area contributed by atoms with Gasteiger partial charge >= 0.3 is 7.69 Å². The van der Waals surface area contributed by atoms with Gasteiger partial charge in [0.15, 0.2) is 0 Å². The number of fused-ring (bicyclic) bond motifs is 3. The molecule has 133 valence electrons. The minimum atomic E-state index is -0.393. The van der Waals surface area contributed by atoms with Gasteiger partial charge in [0.05, 0.1) is 5.41 Å². The predicted octanol–water partition coefficient (Wildman–Crippen LogP) is 4.96. The quantitative estimate of drug-likeness (QED) is 0.459. The molecule has 28 heavy (non-hydrogen) atoms. The highest BCUT2D eigenvalue weighted by atomic mass is 16.5. The molecule has 5 rings (SSSR count). The van der Waals surface area contributed by atoms with Gasteiger partial charge in [-0.05, 0) is 45.5 Å². The first-order valence-corrected chi connectivity index (χ1v) is 9.33. The number of rotatable bonds is 4. The molecule has 0 heterocycles. The van der Waals surface area contributed by atoms with Crippen LogP contribution in [0, 0.1) is 0 Å². The molecule has 0 saturated heterocycles. The van der Waals surface area contributed by atoms with Crippen molar-refractivity contribution in [1.29, 1.82) is 0 Å². The zero-order valence-electron chi connectivity index (χ0n) is 15.2. The first-order valence-electron chi connectivity index (χ1n) is 9.33. The predicted molar refractivity (Wildman–Crippen MR) is 112 cm³/mol. The fourth-order valence-corrected chi connectivity index (χ4v) is 4.56. The molecule has 0 bridgehead atoms. The van der Waals surface area contributed by atoms with Crippen LogP contribution in [0.3, 0.4) is 0 Å². The summed E-state index contributed by atoms with van der Waals surface area (Å²) in [6, 6.07) is 35.9. The van der Waals surface area contributed by atoms with Gasteiger partial charge in [-0.15, -0.1) is 0 Å². The van der Waals surface area contributed by atoms with Crippen LogP contribution < -0.4 is 4.65 Å². The topological polar surface area (TPSA) is 29.5 Å². The molecule has 0 aliphatic heterocycles. The van der Waals surface area contributed by atoms with E-state index in [-0.39, 0.29) is 0 Å². The van der Waals surface area contributed by atoms with Gasteiger partial charge in [0, 0.05) is 0 Å². The minimum absolute atomic E-state index is 0.393. The van der Waals surface area contributed by atoms with Gasteiger partial charge in [0.1, 0.15) is 5.75 Å². The first kappa shape index (κ1) is 16.8. The zero-order valence-corrected chi connectivity index (χ0v) is 15.2. The van der Waals surface area contributed by atoms with E-state index in [9.17, 15) is 0 Å². The second-order valence-corrected chi connectivity index (χ2v) is 6.96. The molecule has 4 aromatic carbocycles. The molecule has 0 unspecified atom stereocenters. The Morgan fingerprint density at radius 2 is 1.18 bits per heavy atom. The summed E-state index contributed by atoms with van der Waals surface area (Å²) in [5.74, 6) is 0.618. The van der Waals surface area contributed by atoms with Crippen LogP contribution >= 0.6 is 0 Å². The number of hydrogen-bond donors (Lipinski definition) is 1. The van der Waals surface area contributed by atoms with E-state index >= 15 is 0 Å². The van der Waals surface area contributed by atoms with E-state index in [4.69, 9.17) is 9.68 Å². The normalized spacial score (nSPS) is 13.5. The zero-order chi connectivity index (χ0) is 19.0. The summed E-state index contributed by atoms with van der Waals surface area (Å²) in [5.41, 5.74) is 6.86. The van der Waals surface area contributed by atoms with E-state index in [1.54, 1.807) is 0 Å². The SMILES string of the molecule is O[B]Oc1ccc2c(c1)-c1ccccc1C2(c1ccccc1)c1ccccc1. The summed E-state index contributed by atoms with van der Waals surface area (Å²) in [5, 5.41) is 9.07. The smallest absolute Gasteiger partial charge is 0.537 e. The Kier molecular flexibility index (Phi) is 4.03. The first-order chi connectivity index (χ1) is 13.9. The molecule has 0 saturated carbocycles. The monoisotopic (exact) mass is 361 g/mol. The van der Waals surface area contributed by atoms with Crippen LogP contribution in [0.4, 0.5) is 0 Å². The Morgan fingerprint density at radius 3 is 1.82 bits per heavy atom. The molecule has 1 N–H and O–H groups in total. The Bertz CT molecular complexity index is 1080. The molecule has 0 fully saturated rings.